The topological polar surface area (TPSA) is 118 Å². The Labute approximate surface area is 208 Å². The van der Waals surface area contributed by atoms with Gasteiger partial charge in [0.15, 0.2) is 0 Å². The first-order valence-corrected chi connectivity index (χ1v) is 12.7. The molecule has 4 aromatic rings. The lowest BCUT2D eigenvalue weighted by Gasteiger charge is -2.24. The molecule has 36 heavy (non-hydrogen) atoms. The molecule has 0 radical (unpaired) electrons. The van der Waals surface area contributed by atoms with Crippen molar-refractivity contribution >= 4 is 39.2 Å². The van der Waals surface area contributed by atoms with Crippen LogP contribution in [0.4, 0.5) is 17.6 Å². The Morgan fingerprint density at radius 3 is 2.33 bits per heavy atom. The largest absolute Gasteiger partial charge is 0.326 e. The molecule has 0 saturated carbocycles. The van der Waals surface area contributed by atoms with Gasteiger partial charge in [-0.2, -0.15) is 4.98 Å². The number of carbonyl (C=O) groups is 1. The van der Waals surface area contributed by atoms with Crippen LogP contribution in [-0.2, 0) is 14.8 Å². The fourth-order valence-electron chi connectivity index (χ4n) is 3.93. The van der Waals surface area contributed by atoms with Crippen molar-refractivity contribution in [3.63, 3.8) is 0 Å². The number of rotatable bonds is 6. The van der Waals surface area contributed by atoms with E-state index in [0.29, 0.717) is 11.6 Å². The number of sulfonamides is 1. The Kier molecular flexibility index (Phi) is 6.03. The van der Waals surface area contributed by atoms with Gasteiger partial charge in [-0.1, -0.05) is 60.2 Å². The average molecular weight is 501 g/mol. The molecule has 0 spiro atoms. The molecule has 5 rings (SSSR count). The normalized spacial score (nSPS) is 14.8. The van der Waals surface area contributed by atoms with Gasteiger partial charge >= 0.3 is 0 Å². The number of amides is 1. The number of benzene rings is 3. The molecule has 0 fully saturated rings. The number of hydrogen-bond donors (Lipinski definition) is 3. The second-order valence-corrected chi connectivity index (χ2v) is 10.1. The van der Waals surface area contributed by atoms with Crippen LogP contribution in [0.1, 0.15) is 29.7 Å². The quantitative estimate of drug-likeness (QED) is 0.361. The number of nitrogens with zero attached hydrogens (tertiary/aromatic N) is 3. The maximum atomic E-state index is 13.0. The standard InChI is InChI=1S/C26H24N6O3S/c1-17-8-10-19(11-9-17)23-16-24(20-6-4-3-5-7-20)32-26(28-23)29-25(30-32)31-36(34,35)22-14-12-21(13-15-22)27-18(2)33/h3-16,24H,1-2H3,(H,27,33)(H2,28,29,30,31)/t24-/m1/s1. The van der Waals surface area contributed by atoms with E-state index in [-0.39, 0.29) is 22.8 Å². The SMILES string of the molecule is CC(=O)Nc1ccc(S(=O)(=O)Nc2nc3n(n2)[C@@H](c2ccccc2)C=C(c2ccc(C)cc2)N3)cc1. The Bertz CT molecular complexity index is 1540. The molecule has 182 valence electrons. The van der Waals surface area contributed by atoms with E-state index >= 15 is 0 Å². The minimum atomic E-state index is -3.96. The van der Waals surface area contributed by atoms with E-state index in [4.69, 9.17) is 0 Å². The number of fused-ring (bicyclic) bond motifs is 1. The van der Waals surface area contributed by atoms with Crippen LogP contribution < -0.4 is 15.4 Å². The van der Waals surface area contributed by atoms with Crippen LogP contribution in [0.25, 0.3) is 5.70 Å². The minimum absolute atomic E-state index is 0.0235. The van der Waals surface area contributed by atoms with Crippen molar-refractivity contribution in [1.82, 2.24) is 14.8 Å². The summed E-state index contributed by atoms with van der Waals surface area (Å²) in [6.45, 7) is 3.41. The third-order valence-corrected chi connectivity index (χ3v) is 7.02. The molecule has 3 aromatic carbocycles. The number of allylic oxidation sites excluding steroid dienone is 1. The molecule has 1 atom stereocenters. The monoisotopic (exact) mass is 500 g/mol. The molecule has 9 nitrogen and oxygen atoms in total. The third kappa shape index (κ3) is 4.84. The highest BCUT2D eigenvalue weighted by molar-refractivity contribution is 7.92. The van der Waals surface area contributed by atoms with Gasteiger partial charge in [0.2, 0.25) is 11.9 Å². The number of aromatic nitrogens is 3. The molecular formula is C26H24N6O3S. The lowest BCUT2D eigenvalue weighted by atomic mass is 10.0. The average Bonchev–Trinajstić information content (AvgIpc) is 3.26. The zero-order chi connectivity index (χ0) is 25.3. The number of hydrogen-bond acceptors (Lipinski definition) is 6. The smallest absolute Gasteiger partial charge is 0.264 e. The molecule has 10 heteroatoms. The highest BCUT2D eigenvalue weighted by atomic mass is 32.2. The summed E-state index contributed by atoms with van der Waals surface area (Å²) in [5.74, 6) is 0.124. The van der Waals surface area contributed by atoms with Gasteiger partial charge in [-0.3, -0.25) is 4.79 Å². The summed E-state index contributed by atoms with van der Waals surface area (Å²) in [5.41, 5.74) is 4.48. The Hall–Kier alpha value is -4.44. The summed E-state index contributed by atoms with van der Waals surface area (Å²) in [4.78, 5) is 15.7. The third-order valence-electron chi connectivity index (χ3n) is 5.68. The molecule has 1 aliphatic heterocycles. The van der Waals surface area contributed by atoms with Gasteiger partial charge in [0, 0.05) is 18.3 Å². The first-order valence-electron chi connectivity index (χ1n) is 11.3. The van der Waals surface area contributed by atoms with Gasteiger partial charge in [-0.25, -0.2) is 17.8 Å². The highest BCUT2D eigenvalue weighted by Crippen LogP contribution is 2.33. The fourth-order valence-corrected chi connectivity index (χ4v) is 4.86. The summed E-state index contributed by atoms with van der Waals surface area (Å²) >= 11 is 0. The van der Waals surface area contributed by atoms with Gasteiger partial charge in [0.05, 0.1) is 4.90 Å². The first-order chi connectivity index (χ1) is 17.3. The molecule has 0 aliphatic carbocycles. The Morgan fingerprint density at radius 1 is 0.972 bits per heavy atom. The van der Waals surface area contributed by atoms with Crippen molar-refractivity contribution in [1.29, 1.82) is 0 Å². The summed E-state index contributed by atoms with van der Waals surface area (Å²) in [6, 6.07) is 23.5. The summed E-state index contributed by atoms with van der Waals surface area (Å²) in [7, 11) is -3.96. The predicted octanol–water partition coefficient (Wildman–Crippen LogP) is 4.40. The maximum absolute atomic E-state index is 13.0. The number of nitrogens with one attached hydrogen (secondary N) is 3. The van der Waals surface area contributed by atoms with Gasteiger partial charge in [0.1, 0.15) is 6.04 Å². The number of anilines is 3. The van der Waals surface area contributed by atoms with Crippen LogP contribution in [0.15, 0.2) is 89.8 Å². The van der Waals surface area contributed by atoms with Crippen LogP contribution >= 0.6 is 0 Å². The fraction of sp³-hybridized carbons (Fsp3) is 0.115. The van der Waals surface area contributed by atoms with E-state index < -0.39 is 10.0 Å². The number of carbonyl (C=O) groups excluding carboxylic acids is 1. The summed E-state index contributed by atoms with van der Waals surface area (Å²) in [5, 5.41) is 10.4. The van der Waals surface area contributed by atoms with E-state index in [9.17, 15) is 13.2 Å². The molecule has 3 N–H and O–H groups in total. The minimum Gasteiger partial charge on any atom is -0.326 e. The van der Waals surface area contributed by atoms with Gasteiger partial charge < -0.3 is 10.6 Å². The summed E-state index contributed by atoms with van der Waals surface area (Å²) in [6.07, 6.45) is 2.04. The molecule has 1 amide bonds. The van der Waals surface area contributed by atoms with E-state index in [1.165, 1.54) is 31.2 Å². The van der Waals surface area contributed by atoms with Crippen LogP contribution in [0.5, 0.6) is 0 Å². The maximum Gasteiger partial charge on any atom is 0.264 e. The van der Waals surface area contributed by atoms with Crippen molar-refractivity contribution in [2.24, 2.45) is 0 Å². The van der Waals surface area contributed by atoms with Crippen LogP contribution in [0.2, 0.25) is 0 Å². The Balaban J connectivity index is 1.46. The molecule has 0 bridgehead atoms. The van der Waals surface area contributed by atoms with Crippen molar-refractivity contribution in [2.45, 2.75) is 24.8 Å². The second-order valence-electron chi connectivity index (χ2n) is 8.44. The van der Waals surface area contributed by atoms with Crippen molar-refractivity contribution in [2.75, 3.05) is 15.4 Å². The molecule has 1 aromatic heterocycles. The summed E-state index contributed by atoms with van der Waals surface area (Å²) < 4.78 is 30.1. The zero-order valence-electron chi connectivity index (χ0n) is 19.6. The molecule has 2 heterocycles. The van der Waals surface area contributed by atoms with Crippen molar-refractivity contribution in [3.05, 3.63) is 102 Å². The molecule has 0 saturated heterocycles. The lowest BCUT2D eigenvalue weighted by molar-refractivity contribution is -0.114. The predicted molar refractivity (Wildman–Crippen MR) is 139 cm³/mol. The highest BCUT2D eigenvalue weighted by Gasteiger charge is 2.27. The zero-order valence-corrected chi connectivity index (χ0v) is 20.5. The van der Waals surface area contributed by atoms with Crippen LogP contribution in [0.3, 0.4) is 0 Å². The molecule has 1 aliphatic rings. The van der Waals surface area contributed by atoms with Gasteiger partial charge in [-0.05, 0) is 48.4 Å². The molecular weight excluding hydrogens is 476 g/mol. The van der Waals surface area contributed by atoms with E-state index in [2.05, 4.69) is 25.4 Å². The van der Waals surface area contributed by atoms with Gasteiger partial charge in [-0.15, -0.1) is 5.10 Å². The second kappa shape index (κ2) is 9.31. The van der Waals surface area contributed by atoms with Crippen LogP contribution in [-0.4, -0.2) is 29.1 Å². The van der Waals surface area contributed by atoms with E-state index in [0.717, 1.165) is 22.4 Å². The molecule has 0 unspecified atom stereocenters. The Morgan fingerprint density at radius 2 is 1.67 bits per heavy atom. The number of aryl methyl sites for hydroxylation is 1. The van der Waals surface area contributed by atoms with E-state index in [1.807, 2.05) is 67.6 Å². The van der Waals surface area contributed by atoms with Crippen LogP contribution in [0, 0.1) is 6.92 Å². The van der Waals surface area contributed by atoms with Crippen molar-refractivity contribution < 1.29 is 13.2 Å². The lowest BCUT2D eigenvalue weighted by Crippen LogP contribution is -2.20. The van der Waals surface area contributed by atoms with Gasteiger partial charge in [0.25, 0.3) is 16.0 Å². The van der Waals surface area contributed by atoms with Crippen molar-refractivity contribution in [3.8, 4) is 0 Å². The van der Waals surface area contributed by atoms with E-state index in [1.54, 1.807) is 4.68 Å². The first kappa shape index (κ1) is 23.3.